The topological polar surface area (TPSA) is 29.9 Å². The van der Waals surface area contributed by atoms with Crippen molar-refractivity contribution in [2.75, 3.05) is 11.9 Å². The number of aromatic nitrogens is 2. The van der Waals surface area contributed by atoms with Gasteiger partial charge in [0.15, 0.2) is 0 Å². The van der Waals surface area contributed by atoms with Gasteiger partial charge in [-0.3, -0.25) is 0 Å². The molecule has 0 saturated heterocycles. The number of hydrogen-bond donors (Lipinski definition) is 1. The van der Waals surface area contributed by atoms with Gasteiger partial charge in [0.2, 0.25) is 0 Å². The summed E-state index contributed by atoms with van der Waals surface area (Å²) in [4.78, 5) is 0. The quantitative estimate of drug-likeness (QED) is 0.730. The van der Waals surface area contributed by atoms with Gasteiger partial charge in [0, 0.05) is 22.1 Å². The lowest BCUT2D eigenvalue weighted by molar-refractivity contribution is 0.878. The van der Waals surface area contributed by atoms with Gasteiger partial charge >= 0.3 is 0 Å². The van der Waals surface area contributed by atoms with E-state index >= 15 is 0 Å². The first-order chi connectivity index (χ1) is 10.8. The molecule has 0 bridgehead atoms. The normalized spacial score (nSPS) is 13.0. The Balaban J connectivity index is 1.95. The number of aryl methyl sites for hydroxylation is 1. The van der Waals surface area contributed by atoms with Crippen molar-refractivity contribution in [3.05, 3.63) is 64.1 Å². The van der Waals surface area contributed by atoms with E-state index in [1.165, 1.54) is 16.7 Å². The largest absolute Gasteiger partial charge is 0.369 e. The fourth-order valence-electron chi connectivity index (χ4n) is 3.03. The molecule has 0 saturated carbocycles. The van der Waals surface area contributed by atoms with Gasteiger partial charge in [-0.15, -0.1) is 0 Å². The van der Waals surface area contributed by atoms with E-state index in [-0.39, 0.29) is 0 Å². The van der Waals surface area contributed by atoms with Crippen LogP contribution in [-0.2, 0) is 6.42 Å². The Morgan fingerprint density at radius 1 is 1.09 bits per heavy atom. The van der Waals surface area contributed by atoms with Crippen LogP contribution < -0.4 is 5.32 Å². The summed E-state index contributed by atoms with van der Waals surface area (Å²) in [6.07, 6.45) is 1.02. The van der Waals surface area contributed by atoms with Crippen molar-refractivity contribution < 1.29 is 0 Å². The highest BCUT2D eigenvalue weighted by atomic mass is 79.9. The minimum Gasteiger partial charge on any atom is -0.369 e. The molecule has 0 spiro atoms. The third-order valence-electron chi connectivity index (χ3n) is 4.13. The highest BCUT2D eigenvalue weighted by molar-refractivity contribution is 9.10. The van der Waals surface area contributed by atoms with Crippen LogP contribution in [0, 0.1) is 6.92 Å². The van der Waals surface area contributed by atoms with E-state index in [1.807, 2.05) is 22.9 Å². The molecule has 0 amide bonds. The average Bonchev–Trinajstić information content (AvgIpc) is 3.11. The Bertz CT molecular complexity index is 783. The first-order valence-electron chi connectivity index (χ1n) is 7.42. The molecular formula is C18H16BrN3. The maximum absolute atomic E-state index is 4.92. The van der Waals surface area contributed by atoms with Gasteiger partial charge in [-0.1, -0.05) is 36.4 Å². The van der Waals surface area contributed by atoms with Crippen LogP contribution >= 0.6 is 15.9 Å². The third kappa shape index (κ3) is 2.06. The van der Waals surface area contributed by atoms with Gasteiger partial charge in [-0.05, 0) is 47.0 Å². The van der Waals surface area contributed by atoms with Crippen molar-refractivity contribution in [2.45, 2.75) is 13.3 Å². The molecule has 110 valence electrons. The maximum atomic E-state index is 4.92. The first-order valence-corrected chi connectivity index (χ1v) is 8.21. The number of hydrogen-bond acceptors (Lipinski definition) is 2. The zero-order chi connectivity index (χ0) is 15.1. The van der Waals surface area contributed by atoms with Gasteiger partial charge in [0.05, 0.1) is 11.4 Å². The Labute approximate surface area is 138 Å². The van der Waals surface area contributed by atoms with Gasteiger partial charge in [-0.2, -0.15) is 5.10 Å². The fourth-order valence-corrected chi connectivity index (χ4v) is 3.48. The molecule has 1 aromatic heterocycles. The SMILES string of the molecule is Cc1ccccc1-c1nn(-c2ccccc2Br)c2c1CCN2. The van der Waals surface area contributed by atoms with Crippen LogP contribution in [0.2, 0.25) is 0 Å². The van der Waals surface area contributed by atoms with Gasteiger partial charge in [0.25, 0.3) is 0 Å². The van der Waals surface area contributed by atoms with Crippen LogP contribution in [0.5, 0.6) is 0 Å². The van der Waals surface area contributed by atoms with Gasteiger partial charge in [-0.25, -0.2) is 4.68 Å². The van der Waals surface area contributed by atoms with Crippen molar-refractivity contribution in [1.82, 2.24) is 9.78 Å². The molecule has 0 fully saturated rings. The predicted molar refractivity (Wildman–Crippen MR) is 93.6 cm³/mol. The summed E-state index contributed by atoms with van der Waals surface area (Å²) in [5.74, 6) is 1.12. The number of para-hydroxylation sites is 1. The van der Waals surface area contributed by atoms with Crippen molar-refractivity contribution >= 4 is 21.7 Å². The molecule has 0 radical (unpaired) electrons. The van der Waals surface area contributed by atoms with E-state index < -0.39 is 0 Å². The summed E-state index contributed by atoms with van der Waals surface area (Å²) in [7, 11) is 0. The zero-order valence-corrected chi connectivity index (χ0v) is 13.9. The smallest absolute Gasteiger partial charge is 0.133 e. The molecule has 0 atom stereocenters. The molecule has 22 heavy (non-hydrogen) atoms. The number of benzene rings is 2. The average molecular weight is 354 g/mol. The van der Waals surface area contributed by atoms with Crippen molar-refractivity contribution in [1.29, 1.82) is 0 Å². The number of nitrogens with zero attached hydrogens (tertiary/aromatic N) is 2. The molecule has 0 aliphatic carbocycles. The lowest BCUT2D eigenvalue weighted by Gasteiger charge is -2.08. The summed E-state index contributed by atoms with van der Waals surface area (Å²) in [6, 6.07) is 16.6. The summed E-state index contributed by atoms with van der Waals surface area (Å²) < 4.78 is 3.07. The molecule has 4 rings (SSSR count). The number of anilines is 1. The van der Waals surface area contributed by atoms with E-state index in [9.17, 15) is 0 Å². The third-order valence-corrected chi connectivity index (χ3v) is 4.80. The second-order valence-corrected chi connectivity index (χ2v) is 6.39. The number of fused-ring (bicyclic) bond motifs is 1. The molecule has 4 heteroatoms. The summed E-state index contributed by atoms with van der Waals surface area (Å²) in [6.45, 7) is 3.11. The van der Waals surface area contributed by atoms with Crippen molar-refractivity contribution in [3.8, 4) is 16.9 Å². The predicted octanol–water partition coefficient (Wildman–Crippen LogP) is 4.58. The fraction of sp³-hybridized carbons (Fsp3) is 0.167. The number of nitrogens with one attached hydrogen (secondary N) is 1. The number of halogens is 1. The molecule has 3 nitrogen and oxygen atoms in total. The molecule has 1 aliphatic rings. The summed E-state index contributed by atoms with van der Waals surface area (Å²) in [5, 5.41) is 8.40. The van der Waals surface area contributed by atoms with Gasteiger partial charge in [0.1, 0.15) is 5.82 Å². The molecule has 1 N–H and O–H groups in total. The molecule has 3 aromatic rings. The van der Waals surface area contributed by atoms with Crippen molar-refractivity contribution in [2.24, 2.45) is 0 Å². The maximum Gasteiger partial charge on any atom is 0.133 e. The molecule has 1 aliphatic heterocycles. The zero-order valence-electron chi connectivity index (χ0n) is 12.3. The van der Waals surface area contributed by atoms with Crippen LogP contribution in [0.25, 0.3) is 16.9 Å². The van der Waals surface area contributed by atoms with E-state index in [1.54, 1.807) is 0 Å². The lowest BCUT2D eigenvalue weighted by atomic mass is 10.0. The van der Waals surface area contributed by atoms with E-state index in [4.69, 9.17) is 5.10 Å². The highest BCUT2D eigenvalue weighted by Crippen LogP contribution is 2.36. The van der Waals surface area contributed by atoms with Crippen LogP contribution in [0.1, 0.15) is 11.1 Å². The molecule has 2 heterocycles. The molecular weight excluding hydrogens is 338 g/mol. The van der Waals surface area contributed by atoms with E-state index in [0.717, 1.165) is 34.6 Å². The van der Waals surface area contributed by atoms with Crippen LogP contribution in [0.15, 0.2) is 53.0 Å². The lowest BCUT2D eigenvalue weighted by Crippen LogP contribution is -2.04. The first kappa shape index (κ1) is 13.6. The standard InChI is InChI=1S/C18H16BrN3/c1-12-6-2-3-7-13(12)17-14-10-11-20-18(14)22(21-17)16-9-5-4-8-15(16)19/h2-9,20H,10-11H2,1H3. The Hall–Kier alpha value is -2.07. The Morgan fingerprint density at radius 2 is 1.86 bits per heavy atom. The van der Waals surface area contributed by atoms with Crippen LogP contribution in [0.3, 0.4) is 0 Å². The number of rotatable bonds is 2. The minimum atomic E-state index is 0.969. The highest BCUT2D eigenvalue weighted by Gasteiger charge is 2.25. The molecule has 0 unspecified atom stereocenters. The monoisotopic (exact) mass is 353 g/mol. The summed E-state index contributed by atoms with van der Waals surface area (Å²) >= 11 is 3.63. The molecule has 2 aromatic carbocycles. The van der Waals surface area contributed by atoms with Gasteiger partial charge < -0.3 is 5.32 Å². The second kappa shape index (κ2) is 5.29. The Morgan fingerprint density at radius 3 is 2.68 bits per heavy atom. The van der Waals surface area contributed by atoms with E-state index in [2.05, 4.69) is 58.5 Å². The minimum absolute atomic E-state index is 0.969. The van der Waals surface area contributed by atoms with Crippen LogP contribution in [-0.4, -0.2) is 16.3 Å². The second-order valence-electron chi connectivity index (χ2n) is 5.53. The summed E-state index contributed by atoms with van der Waals surface area (Å²) in [5.41, 5.74) is 5.94. The van der Waals surface area contributed by atoms with E-state index in [0.29, 0.717) is 0 Å². The van der Waals surface area contributed by atoms with Crippen molar-refractivity contribution in [3.63, 3.8) is 0 Å². The Kier molecular flexibility index (Phi) is 3.26. The van der Waals surface area contributed by atoms with Crippen LogP contribution in [0.4, 0.5) is 5.82 Å².